The lowest BCUT2D eigenvalue weighted by molar-refractivity contribution is 0.122. The summed E-state index contributed by atoms with van der Waals surface area (Å²) in [6, 6.07) is 0.982. The molecule has 0 fully saturated rings. The van der Waals surface area contributed by atoms with Crippen LogP contribution < -0.4 is 5.32 Å². The number of carbonyl (C=O) groups excluding carboxylic acids is 1. The zero-order chi connectivity index (χ0) is 24.2. The van der Waals surface area contributed by atoms with Crippen LogP contribution in [0.4, 0.5) is 4.79 Å². The number of hydrogen-bond donors (Lipinski definition) is 1. The minimum Gasteiger partial charge on any atom is -0.377 e. The predicted molar refractivity (Wildman–Crippen MR) is 126 cm³/mol. The first-order chi connectivity index (χ1) is 15.3. The second kappa shape index (κ2) is 14.4. The average Bonchev–Trinajstić information content (AvgIpc) is 3.25. The van der Waals surface area contributed by atoms with Crippen molar-refractivity contribution in [3.05, 3.63) is 5.82 Å². The summed E-state index contributed by atoms with van der Waals surface area (Å²) in [4.78, 5) is 17.3. The highest BCUT2D eigenvalue weighted by Crippen LogP contribution is 2.22. The van der Waals surface area contributed by atoms with E-state index in [0.717, 1.165) is 12.2 Å². The van der Waals surface area contributed by atoms with Crippen LogP contribution in [0.1, 0.15) is 38.4 Å². The summed E-state index contributed by atoms with van der Waals surface area (Å²) in [6.07, 6.45) is 1.47. The van der Waals surface area contributed by atoms with Crippen molar-refractivity contribution in [2.24, 2.45) is 0 Å². The summed E-state index contributed by atoms with van der Waals surface area (Å²) in [5.74, 6) is 1.42. The van der Waals surface area contributed by atoms with Gasteiger partial charge in [0.1, 0.15) is 5.82 Å². The number of aromatic nitrogens is 3. The van der Waals surface area contributed by atoms with Gasteiger partial charge in [0.2, 0.25) is 5.16 Å². The van der Waals surface area contributed by atoms with Crippen molar-refractivity contribution in [2.45, 2.75) is 49.9 Å². The molecule has 0 radical (unpaired) electrons. The number of amides is 1. The Morgan fingerprint density at radius 1 is 0.938 bits per heavy atom. The highest BCUT2D eigenvalue weighted by atomic mass is 32.2. The van der Waals surface area contributed by atoms with Gasteiger partial charge in [0, 0.05) is 73.0 Å². The van der Waals surface area contributed by atoms with Crippen LogP contribution in [0.15, 0.2) is 5.16 Å². The molecule has 1 amide bonds. The maximum Gasteiger partial charge on any atom is 0.500 e. The Hall–Kier alpha value is -0.846. The Morgan fingerprint density at radius 3 is 1.91 bits per heavy atom. The van der Waals surface area contributed by atoms with Crippen LogP contribution in [-0.4, -0.2) is 93.4 Å². The third-order valence-electron chi connectivity index (χ3n) is 4.98. The maximum absolute atomic E-state index is 12.7. The minimum absolute atomic E-state index is 0.0497. The summed E-state index contributed by atoms with van der Waals surface area (Å²) in [7, 11) is 4.29. The van der Waals surface area contributed by atoms with Gasteiger partial charge in [-0.15, -0.1) is 5.10 Å². The van der Waals surface area contributed by atoms with E-state index in [1.54, 1.807) is 42.7 Å². The Kier molecular flexibility index (Phi) is 13.2. The van der Waals surface area contributed by atoms with E-state index in [4.69, 9.17) is 26.6 Å². The van der Waals surface area contributed by atoms with Crippen LogP contribution >= 0.6 is 11.8 Å². The van der Waals surface area contributed by atoms with Gasteiger partial charge in [-0.2, -0.15) is 4.68 Å². The molecule has 0 unspecified atom stereocenters. The van der Waals surface area contributed by atoms with Gasteiger partial charge in [0.25, 0.3) is 0 Å². The molecule has 1 heterocycles. The molecule has 0 saturated carbocycles. The molecule has 0 aliphatic carbocycles. The Morgan fingerprint density at radius 2 is 1.44 bits per heavy atom. The fourth-order valence-electron chi connectivity index (χ4n) is 3.03. The van der Waals surface area contributed by atoms with Crippen molar-refractivity contribution in [2.75, 3.05) is 55.0 Å². The Balaban J connectivity index is 2.64. The smallest absolute Gasteiger partial charge is 0.377 e. The molecule has 14 heteroatoms. The fourth-order valence-corrected chi connectivity index (χ4v) is 7.50. The molecule has 32 heavy (non-hydrogen) atoms. The quantitative estimate of drug-likeness (QED) is 0.202. The van der Waals surface area contributed by atoms with E-state index >= 15 is 0 Å². The first-order valence-electron chi connectivity index (χ1n) is 10.4. The monoisotopic (exact) mass is 510 g/mol. The van der Waals surface area contributed by atoms with E-state index in [-0.39, 0.29) is 11.9 Å². The van der Waals surface area contributed by atoms with Crippen molar-refractivity contribution >= 4 is 35.4 Å². The normalized spacial score (nSPS) is 12.5. The van der Waals surface area contributed by atoms with Gasteiger partial charge in [0.05, 0.1) is 0 Å². The number of carbonyl (C=O) groups is 1. The van der Waals surface area contributed by atoms with Gasteiger partial charge >= 0.3 is 23.6 Å². The first kappa shape index (κ1) is 29.2. The van der Waals surface area contributed by atoms with Crippen molar-refractivity contribution in [3.8, 4) is 0 Å². The number of thioether (sulfide) groups is 1. The van der Waals surface area contributed by atoms with Crippen LogP contribution in [0.25, 0.3) is 0 Å². The molecule has 0 aromatic carbocycles. The van der Waals surface area contributed by atoms with Gasteiger partial charge in [0.15, 0.2) is 0 Å². The van der Waals surface area contributed by atoms with Crippen LogP contribution in [0.2, 0.25) is 12.1 Å². The molecule has 0 spiro atoms. The summed E-state index contributed by atoms with van der Waals surface area (Å²) in [6.45, 7) is 4.41. The lowest BCUT2D eigenvalue weighted by atomic mass is 10.2. The highest BCUT2D eigenvalue weighted by Gasteiger charge is 2.37. The number of nitrogens with zero attached hydrogens (tertiary/aromatic N) is 3. The average molecular weight is 511 g/mol. The first-order valence-corrected chi connectivity index (χ1v) is 15.3. The van der Waals surface area contributed by atoms with Gasteiger partial charge < -0.3 is 31.9 Å². The third kappa shape index (κ3) is 8.18. The molecule has 0 atom stereocenters. The van der Waals surface area contributed by atoms with Crippen LogP contribution in [0.5, 0.6) is 0 Å². The van der Waals surface area contributed by atoms with Gasteiger partial charge in [-0.1, -0.05) is 25.6 Å². The molecule has 0 aliphatic rings. The van der Waals surface area contributed by atoms with E-state index in [0.29, 0.717) is 36.0 Å². The summed E-state index contributed by atoms with van der Waals surface area (Å²) in [5, 5.41) is 7.86. The van der Waals surface area contributed by atoms with E-state index in [2.05, 4.69) is 15.4 Å². The molecule has 11 nitrogen and oxygen atoms in total. The summed E-state index contributed by atoms with van der Waals surface area (Å²) >= 11 is 1.49. The van der Waals surface area contributed by atoms with Crippen molar-refractivity contribution in [1.82, 2.24) is 20.1 Å². The second-order valence-electron chi connectivity index (χ2n) is 7.20. The number of nitrogens with one attached hydrogen (secondary N) is 1. The zero-order valence-electron chi connectivity index (χ0n) is 20.4. The van der Waals surface area contributed by atoms with E-state index in [1.165, 1.54) is 16.4 Å². The molecule has 0 bridgehead atoms. The standard InChI is InChI=1S/C18H38N4O7SSi2/c1-15(2)16-20-17(30-12-10-14-32(27-6,28-7)29-8)21-22(16)18(23)19-11-9-13-31(24-3,25-4)26-5/h15H,9-14H2,1-8H3,(H,19,23). The van der Waals surface area contributed by atoms with Crippen LogP contribution in [0.3, 0.4) is 0 Å². The van der Waals surface area contributed by atoms with E-state index in [1.807, 2.05) is 13.8 Å². The van der Waals surface area contributed by atoms with E-state index in [9.17, 15) is 4.79 Å². The van der Waals surface area contributed by atoms with Crippen molar-refractivity contribution in [1.29, 1.82) is 0 Å². The van der Waals surface area contributed by atoms with Crippen LogP contribution in [-0.2, 0) is 26.6 Å². The zero-order valence-corrected chi connectivity index (χ0v) is 23.2. The lowest BCUT2D eigenvalue weighted by Crippen LogP contribution is -2.43. The lowest BCUT2D eigenvalue weighted by Gasteiger charge is -2.24. The SMILES string of the molecule is CO[Si](CCCNC(=O)n1nc(SCCC[Si](OC)(OC)OC)nc1C(C)C)(OC)OC. The topological polar surface area (TPSA) is 115 Å². The number of hydrogen-bond acceptors (Lipinski definition) is 10. The fraction of sp³-hybridized carbons (Fsp3) is 0.833. The van der Waals surface area contributed by atoms with Gasteiger partial charge in [-0.05, 0) is 12.8 Å². The maximum atomic E-state index is 12.7. The molecule has 0 aliphatic heterocycles. The summed E-state index contributed by atoms with van der Waals surface area (Å²) in [5.41, 5.74) is 0. The highest BCUT2D eigenvalue weighted by molar-refractivity contribution is 7.99. The van der Waals surface area contributed by atoms with E-state index < -0.39 is 17.6 Å². The molecular weight excluding hydrogens is 472 g/mol. The third-order valence-corrected chi connectivity index (χ3v) is 11.6. The Labute approximate surface area is 197 Å². The minimum atomic E-state index is -2.65. The largest absolute Gasteiger partial charge is 0.500 e. The number of rotatable bonds is 16. The molecule has 1 aromatic rings. The molecular formula is C18H38N4O7SSi2. The second-order valence-corrected chi connectivity index (χ2v) is 14.4. The summed E-state index contributed by atoms with van der Waals surface area (Å²) < 4.78 is 33.9. The van der Waals surface area contributed by atoms with Gasteiger partial charge in [-0.3, -0.25) is 0 Å². The molecule has 0 saturated heterocycles. The Bertz CT molecular complexity index is 672. The van der Waals surface area contributed by atoms with Gasteiger partial charge in [-0.25, -0.2) is 9.78 Å². The molecule has 186 valence electrons. The predicted octanol–water partition coefficient (Wildman–Crippen LogP) is 2.59. The van der Waals surface area contributed by atoms with Crippen molar-refractivity contribution < 1.29 is 31.4 Å². The molecule has 1 rings (SSSR count). The van der Waals surface area contributed by atoms with Crippen molar-refractivity contribution in [3.63, 3.8) is 0 Å². The molecule has 1 N–H and O–H groups in total. The molecule has 1 aromatic heterocycles. The van der Waals surface area contributed by atoms with Crippen LogP contribution in [0, 0.1) is 0 Å².